The minimum Gasteiger partial charge on any atom is -0.484 e. The molecule has 0 atom stereocenters. The van der Waals surface area contributed by atoms with Crippen LogP contribution in [0.4, 0.5) is 5.69 Å². The zero-order chi connectivity index (χ0) is 22.6. The molecule has 2 amide bonds. The van der Waals surface area contributed by atoms with Crippen LogP contribution in [0.3, 0.4) is 0 Å². The van der Waals surface area contributed by atoms with Gasteiger partial charge in [-0.15, -0.1) is 0 Å². The molecule has 3 aromatic heterocycles. The predicted molar refractivity (Wildman–Crippen MR) is 124 cm³/mol. The zero-order valence-electron chi connectivity index (χ0n) is 17.8. The number of hydrogen-bond donors (Lipinski definition) is 2. The third-order valence-electron chi connectivity index (χ3n) is 5.56. The summed E-state index contributed by atoms with van der Waals surface area (Å²) in [6.45, 7) is 1.08. The summed E-state index contributed by atoms with van der Waals surface area (Å²) >= 11 is 0. The Hall–Kier alpha value is -4.33. The number of rotatable bonds is 6. The summed E-state index contributed by atoms with van der Waals surface area (Å²) < 4.78 is 10.8. The van der Waals surface area contributed by atoms with Crippen molar-refractivity contribution < 1.29 is 18.7 Å². The monoisotopic (exact) mass is 442 g/mol. The Morgan fingerprint density at radius 3 is 2.94 bits per heavy atom. The van der Waals surface area contributed by atoms with E-state index in [1.165, 1.54) is 11.8 Å². The topological polar surface area (TPSA) is 100 Å². The molecule has 4 heterocycles. The lowest BCUT2D eigenvalue weighted by atomic mass is 9.99. The van der Waals surface area contributed by atoms with E-state index in [1.807, 2.05) is 18.3 Å². The summed E-state index contributed by atoms with van der Waals surface area (Å²) in [7, 11) is 0. The summed E-state index contributed by atoms with van der Waals surface area (Å²) in [5, 5.41) is 3.83. The van der Waals surface area contributed by atoms with Crippen LogP contribution in [0.2, 0.25) is 0 Å². The summed E-state index contributed by atoms with van der Waals surface area (Å²) in [5.41, 5.74) is 3.76. The molecule has 0 spiro atoms. The van der Waals surface area contributed by atoms with Crippen molar-refractivity contribution in [3.05, 3.63) is 84.6 Å². The zero-order valence-corrected chi connectivity index (χ0v) is 17.8. The molecule has 0 radical (unpaired) electrons. The highest BCUT2D eigenvalue weighted by Crippen LogP contribution is 2.28. The molecule has 2 N–H and O–H groups in total. The fourth-order valence-corrected chi connectivity index (χ4v) is 3.86. The summed E-state index contributed by atoms with van der Waals surface area (Å²) in [4.78, 5) is 34.1. The van der Waals surface area contributed by atoms with Gasteiger partial charge < -0.3 is 24.4 Å². The van der Waals surface area contributed by atoms with Crippen LogP contribution in [0, 0.1) is 0 Å². The van der Waals surface area contributed by atoms with Crippen molar-refractivity contribution in [1.82, 2.24) is 14.9 Å². The number of ether oxygens (including phenoxy) is 1. The lowest BCUT2D eigenvalue weighted by Gasteiger charge is -2.26. The molecule has 0 saturated heterocycles. The van der Waals surface area contributed by atoms with E-state index in [0.29, 0.717) is 24.5 Å². The quantitative estimate of drug-likeness (QED) is 0.468. The van der Waals surface area contributed by atoms with Gasteiger partial charge in [0.15, 0.2) is 12.4 Å². The van der Waals surface area contributed by atoms with E-state index in [-0.39, 0.29) is 24.2 Å². The number of nitrogens with zero attached hydrogens (tertiary/aromatic N) is 2. The molecule has 8 nitrogen and oxygen atoms in total. The van der Waals surface area contributed by atoms with E-state index in [4.69, 9.17) is 9.15 Å². The minimum absolute atomic E-state index is 0.0736. The second-order valence-corrected chi connectivity index (χ2v) is 7.67. The summed E-state index contributed by atoms with van der Waals surface area (Å²) in [6, 6.07) is 14.1. The van der Waals surface area contributed by atoms with E-state index in [2.05, 4.69) is 21.4 Å². The summed E-state index contributed by atoms with van der Waals surface area (Å²) in [6.07, 6.45) is 8.03. The Bertz CT molecular complexity index is 1320. The first-order valence-electron chi connectivity index (χ1n) is 10.6. The van der Waals surface area contributed by atoms with Gasteiger partial charge in [0.05, 0.1) is 6.26 Å². The third kappa shape index (κ3) is 4.50. The average Bonchev–Trinajstić information content (AvgIpc) is 3.53. The lowest BCUT2D eigenvalue weighted by molar-refractivity contribution is -0.132. The molecule has 8 heteroatoms. The normalized spacial score (nSPS) is 13.6. The van der Waals surface area contributed by atoms with E-state index in [1.54, 1.807) is 47.5 Å². The van der Waals surface area contributed by atoms with Crippen LogP contribution in [-0.4, -0.2) is 46.4 Å². The average molecular weight is 442 g/mol. The molecule has 0 fully saturated rings. The van der Waals surface area contributed by atoms with Gasteiger partial charge in [-0.2, -0.15) is 0 Å². The number of nitrogens with one attached hydrogen (secondary N) is 2. The molecule has 4 aromatic rings. The number of carbonyl (C=O) groups excluding carboxylic acids is 2. The van der Waals surface area contributed by atoms with Crippen molar-refractivity contribution in [2.24, 2.45) is 0 Å². The van der Waals surface area contributed by atoms with Gasteiger partial charge in [-0.3, -0.25) is 9.59 Å². The molecule has 1 aromatic carbocycles. The highest BCUT2D eigenvalue weighted by molar-refractivity contribution is 6.02. The summed E-state index contributed by atoms with van der Waals surface area (Å²) in [5.74, 6) is 0.282. The Morgan fingerprint density at radius 2 is 2.12 bits per heavy atom. The van der Waals surface area contributed by atoms with Crippen LogP contribution in [0.5, 0.6) is 5.75 Å². The number of aromatic nitrogens is 2. The molecule has 1 aliphatic rings. The maximum absolute atomic E-state index is 12.7. The minimum atomic E-state index is -0.352. The van der Waals surface area contributed by atoms with E-state index in [9.17, 15) is 9.59 Å². The van der Waals surface area contributed by atoms with Gasteiger partial charge in [0, 0.05) is 48.2 Å². The maximum atomic E-state index is 12.7. The van der Waals surface area contributed by atoms with Crippen LogP contribution in [0.15, 0.2) is 77.7 Å². The van der Waals surface area contributed by atoms with Crippen LogP contribution in [0.1, 0.15) is 22.5 Å². The van der Waals surface area contributed by atoms with Gasteiger partial charge in [0.1, 0.15) is 11.4 Å². The fourth-order valence-electron chi connectivity index (χ4n) is 3.86. The van der Waals surface area contributed by atoms with Crippen molar-refractivity contribution in [2.45, 2.75) is 6.42 Å². The first-order chi connectivity index (χ1) is 16.2. The first-order valence-corrected chi connectivity index (χ1v) is 10.6. The molecule has 0 bridgehead atoms. The van der Waals surface area contributed by atoms with Gasteiger partial charge in [0.25, 0.3) is 11.8 Å². The number of benzene rings is 1. The SMILES string of the molecule is O=C(Nc1cccc(OCC(=O)N2CC=C(c3c[nH]c4ncccc34)CC2)c1)c1ccco1. The highest BCUT2D eigenvalue weighted by Gasteiger charge is 2.20. The van der Waals surface area contributed by atoms with Crippen LogP contribution >= 0.6 is 0 Å². The standard InChI is InChI=1S/C25H22N4O4/c30-23(16-33-19-5-1-4-18(14-19)28-25(31)22-7-3-13-32-22)29-11-8-17(9-12-29)21-15-27-24-20(21)6-2-10-26-24/h1-8,10,13-15H,9,11-12,16H2,(H,26,27)(H,28,31). The molecular weight excluding hydrogens is 420 g/mol. The molecule has 166 valence electrons. The lowest BCUT2D eigenvalue weighted by Crippen LogP contribution is -2.37. The number of fused-ring (bicyclic) bond motifs is 1. The van der Waals surface area contributed by atoms with Crippen molar-refractivity contribution >= 4 is 34.1 Å². The molecule has 0 unspecified atom stereocenters. The van der Waals surface area contributed by atoms with Crippen molar-refractivity contribution in [3.8, 4) is 5.75 Å². The van der Waals surface area contributed by atoms with Crippen LogP contribution in [-0.2, 0) is 4.79 Å². The Balaban J connectivity index is 1.17. The van der Waals surface area contributed by atoms with Crippen molar-refractivity contribution in [3.63, 3.8) is 0 Å². The Labute approximate surface area is 189 Å². The number of anilines is 1. The van der Waals surface area contributed by atoms with Gasteiger partial charge in [0.2, 0.25) is 0 Å². The third-order valence-corrected chi connectivity index (χ3v) is 5.56. The van der Waals surface area contributed by atoms with Gasteiger partial charge in [-0.1, -0.05) is 12.1 Å². The molecular formula is C25H22N4O4. The van der Waals surface area contributed by atoms with E-state index >= 15 is 0 Å². The van der Waals surface area contributed by atoms with Gasteiger partial charge >= 0.3 is 0 Å². The second kappa shape index (κ2) is 9.04. The number of aromatic amines is 1. The first kappa shape index (κ1) is 20.6. The maximum Gasteiger partial charge on any atom is 0.291 e. The number of furan rings is 1. The van der Waals surface area contributed by atoms with Gasteiger partial charge in [-0.25, -0.2) is 4.98 Å². The van der Waals surface area contributed by atoms with Crippen molar-refractivity contribution in [1.29, 1.82) is 0 Å². The largest absolute Gasteiger partial charge is 0.484 e. The smallest absolute Gasteiger partial charge is 0.291 e. The number of hydrogen-bond acceptors (Lipinski definition) is 5. The number of carbonyl (C=O) groups is 2. The van der Waals surface area contributed by atoms with E-state index in [0.717, 1.165) is 23.0 Å². The van der Waals surface area contributed by atoms with Crippen molar-refractivity contribution in [2.75, 3.05) is 25.0 Å². The molecule has 5 rings (SSSR count). The Morgan fingerprint density at radius 1 is 1.18 bits per heavy atom. The molecule has 1 aliphatic heterocycles. The van der Waals surface area contributed by atoms with Crippen LogP contribution in [0.25, 0.3) is 16.6 Å². The number of pyridine rings is 1. The molecule has 33 heavy (non-hydrogen) atoms. The predicted octanol–water partition coefficient (Wildman–Crippen LogP) is 4.10. The van der Waals surface area contributed by atoms with E-state index < -0.39 is 0 Å². The van der Waals surface area contributed by atoms with Crippen LogP contribution < -0.4 is 10.1 Å². The number of amides is 2. The Kier molecular flexibility index (Phi) is 5.63. The molecule has 0 saturated carbocycles. The number of H-pyrrole nitrogens is 1. The second-order valence-electron chi connectivity index (χ2n) is 7.67. The molecule has 0 aliphatic carbocycles. The fraction of sp³-hybridized carbons (Fsp3) is 0.160. The van der Waals surface area contributed by atoms with Gasteiger partial charge in [-0.05, 0) is 48.4 Å². The highest BCUT2D eigenvalue weighted by atomic mass is 16.5.